The molecular weight excluding hydrogens is 152 g/mol. The van der Waals surface area contributed by atoms with Gasteiger partial charge in [-0.15, -0.1) is 0 Å². The van der Waals surface area contributed by atoms with Crippen molar-refractivity contribution >= 4 is 12.2 Å². The number of anilines is 1. The van der Waals surface area contributed by atoms with Crippen LogP contribution in [0.15, 0.2) is 17.1 Å². The first-order valence-electron chi connectivity index (χ1n) is 3.55. The summed E-state index contributed by atoms with van der Waals surface area (Å²) in [5.41, 5.74) is 1.45. The number of nitriles is 1. The highest BCUT2D eigenvalue weighted by Gasteiger charge is 2.06. The van der Waals surface area contributed by atoms with Gasteiger partial charge in [-0.1, -0.05) is 6.07 Å². The van der Waals surface area contributed by atoms with E-state index < -0.39 is 0 Å². The molecule has 1 aliphatic heterocycles. The molecule has 1 aromatic rings. The molecule has 12 heavy (non-hydrogen) atoms. The van der Waals surface area contributed by atoms with Crippen LogP contribution in [0, 0.1) is 11.3 Å². The van der Waals surface area contributed by atoms with Gasteiger partial charge in [-0.3, -0.25) is 4.99 Å². The quantitative estimate of drug-likeness (QED) is 0.610. The predicted octanol–water partition coefficient (Wildman–Crippen LogP) is 0.907. The lowest BCUT2D eigenvalue weighted by Crippen LogP contribution is -2.07. The van der Waals surface area contributed by atoms with Gasteiger partial charge >= 0.3 is 0 Å². The van der Waals surface area contributed by atoms with Gasteiger partial charge in [0.15, 0.2) is 0 Å². The van der Waals surface area contributed by atoms with Crippen LogP contribution in [0.1, 0.15) is 11.3 Å². The largest absolute Gasteiger partial charge is 0.331 e. The van der Waals surface area contributed by atoms with Crippen molar-refractivity contribution in [3.8, 4) is 6.07 Å². The minimum absolute atomic E-state index is 0.427. The van der Waals surface area contributed by atoms with Crippen molar-refractivity contribution in [3.05, 3.63) is 23.4 Å². The summed E-state index contributed by atoms with van der Waals surface area (Å²) in [6, 6.07) is 5.54. The van der Waals surface area contributed by atoms with E-state index >= 15 is 0 Å². The molecule has 0 radical (unpaired) electrons. The maximum Gasteiger partial charge on any atom is 0.142 e. The third-order valence-corrected chi connectivity index (χ3v) is 1.65. The average molecular weight is 158 g/mol. The van der Waals surface area contributed by atoms with Crippen molar-refractivity contribution in [2.45, 2.75) is 6.54 Å². The highest BCUT2D eigenvalue weighted by Crippen LogP contribution is 2.16. The maximum absolute atomic E-state index is 8.57. The Kier molecular flexibility index (Phi) is 1.49. The lowest BCUT2D eigenvalue weighted by atomic mass is 10.2. The molecule has 0 spiro atoms. The van der Waals surface area contributed by atoms with Gasteiger partial charge in [-0.05, 0) is 6.07 Å². The number of fused-ring (bicyclic) bond motifs is 1. The lowest BCUT2D eigenvalue weighted by Gasteiger charge is -2.09. The Morgan fingerprint density at radius 2 is 2.42 bits per heavy atom. The summed E-state index contributed by atoms with van der Waals surface area (Å²) in [6.07, 6.45) is 1.59. The smallest absolute Gasteiger partial charge is 0.142 e. The molecule has 1 aromatic heterocycles. The minimum atomic E-state index is 0.427. The van der Waals surface area contributed by atoms with Gasteiger partial charge in [0.1, 0.15) is 17.6 Å². The third kappa shape index (κ3) is 1.01. The Morgan fingerprint density at radius 3 is 3.25 bits per heavy atom. The van der Waals surface area contributed by atoms with Crippen molar-refractivity contribution < 1.29 is 0 Å². The highest BCUT2D eigenvalue weighted by atomic mass is 15.0. The normalized spacial score (nSPS) is 12.9. The standard InChI is InChI=1S/C8H6N4/c9-3-7-2-1-6-4-10-5-11-8(6)12-7/h1-2,5H,4H2,(H,10,11,12). The maximum atomic E-state index is 8.57. The van der Waals surface area contributed by atoms with E-state index in [2.05, 4.69) is 15.3 Å². The Bertz CT molecular complexity index is 375. The zero-order chi connectivity index (χ0) is 8.39. The van der Waals surface area contributed by atoms with Gasteiger partial charge in [-0.2, -0.15) is 5.26 Å². The van der Waals surface area contributed by atoms with E-state index in [0.29, 0.717) is 12.2 Å². The monoisotopic (exact) mass is 158 g/mol. The summed E-state index contributed by atoms with van der Waals surface area (Å²) in [7, 11) is 0. The molecule has 4 nitrogen and oxygen atoms in total. The van der Waals surface area contributed by atoms with Gasteiger partial charge in [0.2, 0.25) is 0 Å². The van der Waals surface area contributed by atoms with Crippen LogP contribution in [-0.2, 0) is 6.54 Å². The molecule has 0 atom stereocenters. The molecular formula is C8H6N4. The number of pyridine rings is 1. The molecule has 2 rings (SSSR count). The molecule has 0 saturated carbocycles. The number of aliphatic imine (C=N–C) groups is 1. The van der Waals surface area contributed by atoms with Crippen LogP contribution in [0.5, 0.6) is 0 Å². The van der Waals surface area contributed by atoms with Crippen LogP contribution in [0.2, 0.25) is 0 Å². The Morgan fingerprint density at radius 1 is 1.50 bits per heavy atom. The molecule has 2 heterocycles. The van der Waals surface area contributed by atoms with E-state index in [1.54, 1.807) is 12.4 Å². The van der Waals surface area contributed by atoms with Crippen LogP contribution >= 0.6 is 0 Å². The first-order valence-corrected chi connectivity index (χ1v) is 3.55. The zero-order valence-electron chi connectivity index (χ0n) is 6.28. The molecule has 0 fully saturated rings. The van der Waals surface area contributed by atoms with Crippen molar-refractivity contribution in [2.24, 2.45) is 4.99 Å². The molecule has 0 bridgehead atoms. The van der Waals surface area contributed by atoms with Crippen LogP contribution < -0.4 is 5.32 Å². The SMILES string of the molecule is N#Cc1ccc2c(n1)NC=NC2. The second-order valence-electron chi connectivity index (χ2n) is 2.43. The fourth-order valence-corrected chi connectivity index (χ4v) is 1.05. The van der Waals surface area contributed by atoms with Crippen molar-refractivity contribution in [2.75, 3.05) is 5.32 Å². The van der Waals surface area contributed by atoms with Crippen LogP contribution in [0.4, 0.5) is 5.82 Å². The van der Waals surface area contributed by atoms with Crippen molar-refractivity contribution in [1.29, 1.82) is 5.26 Å². The second-order valence-corrected chi connectivity index (χ2v) is 2.43. The van der Waals surface area contributed by atoms with Gasteiger partial charge < -0.3 is 5.32 Å². The summed E-state index contributed by atoms with van der Waals surface area (Å²) in [4.78, 5) is 8.08. The Hall–Kier alpha value is -1.89. The zero-order valence-corrected chi connectivity index (χ0v) is 6.28. The molecule has 1 aliphatic rings. The number of aromatic nitrogens is 1. The minimum Gasteiger partial charge on any atom is -0.331 e. The molecule has 0 amide bonds. The predicted molar refractivity (Wildman–Crippen MR) is 44.8 cm³/mol. The average Bonchev–Trinajstić information content (AvgIpc) is 2.17. The Balaban J connectivity index is 2.48. The molecule has 1 N–H and O–H groups in total. The van der Waals surface area contributed by atoms with E-state index in [4.69, 9.17) is 5.26 Å². The lowest BCUT2D eigenvalue weighted by molar-refractivity contribution is 1.03. The van der Waals surface area contributed by atoms with Crippen molar-refractivity contribution in [1.82, 2.24) is 4.98 Å². The van der Waals surface area contributed by atoms with E-state index in [0.717, 1.165) is 11.4 Å². The number of rotatable bonds is 0. The van der Waals surface area contributed by atoms with Crippen LogP contribution in [0.3, 0.4) is 0 Å². The number of hydrogen-bond acceptors (Lipinski definition) is 4. The number of nitrogens with zero attached hydrogens (tertiary/aromatic N) is 3. The first-order chi connectivity index (χ1) is 5.90. The molecule has 0 unspecified atom stereocenters. The van der Waals surface area contributed by atoms with Gasteiger partial charge in [-0.25, -0.2) is 4.98 Å². The van der Waals surface area contributed by atoms with E-state index in [9.17, 15) is 0 Å². The van der Waals surface area contributed by atoms with Gasteiger partial charge in [0.25, 0.3) is 0 Å². The molecule has 0 saturated heterocycles. The Labute approximate surface area is 69.6 Å². The third-order valence-electron chi connectivity index (χ3n) is 1.65. The van der Waals surface area contributed by atoms with E-state index in [-0.39, 0.29) is 0 Å². The summed E-state index contributed by atoms with van der Waals surface area (Å²) in [6.45, 7) is 0.640. The molecule has 0 aliphatic carbocycles. The van der Waals surface area contributed by atoms with Crippen LogP contribution in [0.25, 0.3) is 0 Å². The second kappa shape index (κ2) is 2.62. The van der Waals surface area contributed by atoms with Crippen molar-refractivity contribution in [3.63, 3.8) is 0 Å². The van der Waals surface area contributed by atoms with Crippen LogP contribution in [-0.4, -0.2) is 11.3 Å². The molecule has 4 heteroatoms. The summed E-state index contributed by atoms with van der Waals surface area (Å²) in [5, 5.41) is 11.4. The first kappa shape index (κ1) is 6.80. The summed E-state index contributed by atoms with van der Waals surface area (Å²) >= 11 is 0. The van der Waals surface area contributed by atoms with Gasteiger partial charge in [0.05, 0.1) is 12.9 Å². The van der Waals surface area contributed by atoms with E-state index in [1.807, 2.05) is 12.1 Å². The highest BCUT2D eigenvalue weighted by molar-refractivity contribution is 5.77. The molecule has 58 valence electrons. The van der Waals surface area contributed by atoms with E-state index in [1.165, 1.54) is 0 Å². The topological polar surface area (TPSA) is 61.1 Å². The van der Waals surface area contributed by atoms with Gasteiger partial charge in [0, 0.05) is 5.56 Å². The number of nitrogens with one attached hydrogen (secondary N) is 1. The fraction of sp³-hybridized carbons (Fsp3) is 0.125. The number of hydrogen-bond donors (Lipinski definition) is 1. The fourth-order valence-electron chi connectivity index (χ4n) is 1.05. The summed E-state index contributed by atoms with van der Waals surface area (Å²) < 4.78 is 0. The molecule has 0 aromatic carbocycles. The summed E-state index contributed by atoms with van der Waals surface area (Å²) in [5.74, 6) is 0.740.